The Kier molecular flexibility index (Phi) is 2.89. The van der Waals surface area contributed by atoms with Gasteiger partial charge in [0.1, 0.15) is 0 Å². The minimum atomic E-state index is 0.637. The van der Waals surface area contributed by atoms with Crippen LogP contribution in [-0.2, 0) is 0 Å². The van der Waals surface area contributed by atoms with Gasteiger partial charge in [-0.1, -0.05) is 6.42 Å². The molecule has 2 fully saturated rings. The lowest BCUT2D eigenvalue weighted by molar-refractivity contribution is 0.290. The molecule has 2 rings (SSSR count). The molecule has 2 saturated carbocycles. The zero-order valence-corrected chi connectivity index (χ0v) is 8.73. The topological polar surface area (TPSA) is 24.1 Å². The van der Waals surface area contributed by atoms with Gasteiger partial charge in [-0.3, -0.25) is 0 Å². The molecule has 0 heterocycles. The van der Waals surface area contributed by atoms with Crippen LogP contribution in [0.1, 0.15) is 32.1 Å². The first-order chi connectivity index (χ1) is 6.35. The van der Waals surface area contributed by atoms with Gasteiger partial charge in [-0.25, -0.2) is 0 Å². The zero-order valence-electron chi connectivity index (χ0n) is 8.73. The van der Waals surface area contributed by atoms with Gasteiger partial charge in [0.05, 0.1) is 0 Å². The van der Waals surface area contributed by atoms with Gasteiger partial charge in [0.2, 0.25) is 0 Å². The molecule has 0 unspecified atom stereocenters. The average molecular weight is 182 g/mol. The van der Waals surface area contributed by atoms with E-state index in [-0.39, 0.29) is 0 Å². The normalized spacial score (nSPS) is 25.6. The summed E-state index contributed by atoms with van der Waals surface area (Å²) in [6.45, 7) is 3.71. The van der Waals surface area contributed by atoms with Crippen LogP contribution in [0.15, 0.2) is 0 Å². The van der Waals surface area contributed by atoms with Gasteiger partial charge in [0.15, 0.2) is 0 Å². The predicted molar refractivity (Wildman–Crippen MR) is 55.8 cm³/mol. The van der Waals surface area contributed by atoms with E-state index in [4.69, 9.17) is 0 Å². The van der Waals surface area contributed by atoms with Crippen LogP contribution < -0.4 is 10.6 Å². The Labute approximate surface area is 81.5 Å². The van der Waals surface area contributed by atoms with E-state index in [0.717, 1.165) is 5.92 Å². The third kappa shape index (κ3) is 2.44. The molecule has 2 heteroatoms. The van der Waals surface area contributed by atoms with Crippen molar-refractivity contribution in [2.75, 3.05) is 26.7 Å². The fraction of sp³-hybridized carbons (Fsp3) is 1.00. The highest BCUT2D eigenvalue weighted by atomic mass is 14.9. The molecule has 13 heavy (non-hydrogen) atoms. The van der Waals surface area contributed by atoms with Crippen LogP contribution in [-0.4, -0.2) is 26.7 Å². The second-order valence-corrected chi connectivity index (χ2v) is 4.96. The van der Waals surface area contributed by atoms with Gasteiger partial charge < -0.3 is 10.6 Å². The fourth-order valence-corrected chi connectivity index (χ4v) is 2.21. The summed E-state index contributed by atoms with van der Waals surface area (Å²) in [5.74, 6) is 1.00. The highest BCUT2D eigenvalue weighted by Crippen LogP contribution is 2.44. The van der Waals surface area contributed by atoms with E-state index < -0.39 is 0 Å². The quantitative estimate of drug-likeness (QED) is 0.648. The SMILES string of the molecule is CNCC1(CNCC2CCC2)CC1. The van der Waals surface area contributed by atoms with Crippen molar-refractivity contribution in [3.05, 3.63) is 0 Å². The summed E-state index contributed by atoms with van der Waals surface area (Å²) >= 11 is 0. The van der Waals surface area contributed by atoms with Gasteiger partial charge in [-0.05, 0) is 50.6 Å². The number of nitrogens with one attached hydrogen (secondary N) is 2. The molecule has 2 aliphatic rings. The largest absolute Gasteiger partial charge is 0.319 e. The third-order valence-corrected chi connectivity index (χ3v) is 3.67. The number of hydrogen-bond donors (Lipinski definition) is 2. The summed E-state index contributed by atoms with van der Waals surface area (Å²) in [7, 11) is 2.06. The van der Waals surface area contributed by atoms with Gasteiger partial charge >= 0.3 is 0 Å². The molecule has 0 aromatic rings. The Morgan fingerprint density at radius 1 is 1.23 bits per heavy atom. The van der Waals surface area contributed by atoms with Crippen LogP contribution in [0.3, 0.4) is 0 Å². The molecule has 2 aliphatic carbocycles. The molecule has 0 bridgehead atoms. The van der Waals surface area contributed by atoms with Crippen molar-refractivity contribution in [3.8, 4) is 0 Å². The highest BCUT2D eigenvalue weighted by Gasteiger charge is 2.41. The average Bonchev–Trinajstić information content (AvgIpc) is 2.77. The first-order valence-electron chi connectivity index (χ1n) is 5.70. The molecule has 2 N–H and O–H groups in total. The van der Waals surface area contributed by atoms with Crippen LogP contribution in [0.4, 0.5) is 0 Å². The summed E-state index contributed by atoms with van der Waals surface area (Å²) in [6, 6.07) is 0. The van der Waals surface area contributed by atoms with Gasteiger partial charge in [-0.15, -0.1) is 0 Å². The molecule has 0 amide bonds. The van der Waals surface area contributed by atoms with Gasteiger partial charge in [-0.2, -0.15) is 0 Å². The Hall–Kier alpha value is -0.0800. The predicted octanol–water partition coefficient (Wildman–Crippen LogP) is 1.38. The smallest absolute Gasteiger partial charge is 0.00201 e. The molecule has 0 atom stereocenters. The van der Waals surface area contributed by atoms with E-state index in [1.54, 1.807) is 0 Å². The molecule has 0 saturated heterocycles. The lowest BCUT2D eigenvalue weighted by atomic mass is 9.85. The van der Waals surface area contributed by atoms with E-state index in [1.807, 2.05) is 0 Å². The van der Waals surface area contributed by atoms with Crippen molar-refractivity contribution in [1.82, 2.24) is 10.6 Å². The van der Waals surface area contributed by atoms with E-state index in [9.17, 15) is 0 Å². The van der Waals surface area contributed by atoms with E-state index in [0.29, 0.717) is 5.41 Å². The Bertz CT molecular complexity index is 159. The number of hydrogen-bond acceptors (Lipinski definition) is 2. The Balaban J connectivity index is 1.56. The van der Waals surface area contributed by atoms with Crippen LogP contribution in [0.5, 0.6) is 0 Å². The van der Waals surface area contributed by atoms with Crippen molar-refractivity contribution in [1.29, 1.82) is 0 Å². The minimum absolute atomic E-state index is 0.637. The lowest BCUT2D eigenvalue weighted by Gasteiger charge is -2.26. The molecular weight excluding hydrogens is 160 g/mol. The fourth-order valence-electron chi connectivity index (χ4n) is 2.21. The molecule has 0 radical (unpaired) electrons. The van der Waals surface area contributed by atoms with Crippen LogP contribution in [0.25, 0.3) is 0 Å². The molecule has 0 aromatic carbocycles. The Morgan fingerprint density at radius 3 is 2.46 bits per heavy atom. The summed E-state index contributed by atoms with van der Waals surface area (Å²) in [6.07, 6.45) is 7.24. The molecule has 0 spiro atoms. The first kappa shape index (κ1) is 9.47. The second-order valence-electron chi connectivity index (χ2n) is 4.96. The van der Waals surface area contributed by atoms with Crippen molar-refractivity contribution >= 4 is 0 Å². The van der Waals surface area contributed by atoms with Crippen LogP contribution >= 0.6 is 0 Å². The van der Waals surface area contributed by atoms with Crippen molar-refractivity contribution in [3.63, 3.8) is 0 Å². The second kappa shape index (κ2) is 3.97. The van der Waals surface area contributed by atoms with Crippen molar-refractivity contribution in [2.24, 2.45) is 11.3 Å². The molecule has 0 aromatic heterocycles. The third-order valence-electron chi connectivity index (χ3n) is 3.67. The summed E-state index contributed by atoms with van der Waals surface area (Å²) in [5.41, 5.74) is 0.637. The van der Waals surface area contributed by atoms with Crippen LogP contribution in [0, 0.1) is 11.3 Å². The van der Waals surface area contributed by atoms with E-state index >= 15 is 0 Å². The van der Waals surface area contributed by atoms with Gasteiger partial charge in [0, 0.05) is 13.1 Å². The first-order valence-corrected chi connectivity index (χ1v) is 5.70. The monoisotopic (exact) mass is 182 g/mol. The van der Waals surface area contributed by atoms with Crippen molar-refractivity contribution in [2.45, 2.75) is 32.1 Å². The van der Waals surface area contributed by atoms with E-state index in [2.05, 4.69) is 17.7 Å². The standard InChI is InChI=1S/C11H22N2/c1-12-8-11(5-6-11)9-13-7-10-3-2-4-10/h10,12-13H,2-9H2,1H3. The maximum Gasteiger partial charge on any atom is 0.00201 e. The molecule has 0 aliphatic heterocycles. The zero-order chi connectivity index (χ0) is 9.15. The molecular formula is C11H22N2. The summed E-state index contributed by atoms with van der Waals surface area (Å²) in [4.78, 5) is 0. The maximum atomic E-state index is 3.63. The summed E-state index contributed by atoms with van der Waals surface area (Å²) in [5, 5.41) is 6.93. The summed E-state index contributed by atoms with van der Waals surface area (Å²) < 4.78 is 0. The van der Waals surface area contributed by atoms with Crippen molar-refractivity contribution < 1.29 is 0 Å². The lowest BCUT2D eigenvalue weighted by Crippen LogP contribution is -2.35. The highest BCUT2D eigenvalue weighted by molar-refractivity contribution is 4.96. The molecule has 76 valence electrons. The van der Waals surface area contributed by atoms with Gasteiger partial charge in [0.25, 0.3) is 0 Å². The maximum absolute atomic E-state index is 3.63. The van der Waals surface area contributed by atoms with Crippen LogP contribution in [0.2, 0.25) is 0 Å². The molecule has 2 nitrogen and oxygen atoms in total. The minimum Gasteiger partial charge on any atom is -0.319 e. The number of rotatable bonds is 6. The Morgan fingerprint density at radius 2 is 2.00 bits per heavy atom. The van der Waals surface area contributed by atoms with E-state index in [1.165, 1.54) is 51.7 Å².